The molecule has 0 aliphatic carbocycles. The molecule has 1 aliphatic heterocycles. The highest BCUT2D eigenvalue weighted by Gasteiger charge is 2.33. The standard InChI is InChI=1S/C13H20N2O2S/c1-11-6-4-5-7-12(11)13(2,3)10-14-18(16,17)15-8-9-15/h4-7,14H,8-10H2,1-3H3. The van der Waals surface area contributed by atoms with Gasteiger partial charge in [0.05, 0.1) is 0 Å². The summed E-state index contributed by atoms with van der Waals surface area (Å²) in [6.45, 7) is 7.85. The van der Waals surface area contributed by atoms with Gasteiger partial charge in [-0.1, -0.05) is 38.1 Å². The molecule has 0 radical (unpaired) electrons. The summed E-state index contributed by atoms with van der Waals surface area (Å²) < 4.78 is 27.7. The molecule has 0 unspecified atom stereocenters. The van der Waals surface area contributed by atoms with Crippen molar-refractivity contribution < 1.29 is 8.42 Å². The lowest BCUT2D eigenvalue weighted by atomic mass is 9.82. The molecule has 1 aliphatic rings. The summed E-state index contributed by atoms with van der Waals surface area (Å²) in [5, 5.41) is 0. The Balaban J connectivity index is 2.10. The van der Waals surface area contributed by atoms with Crippen LogP contribution in [-0.4, -0.2) is 32.4 Å². The van der Waals surface area contributed by atoms with Gasteiger partial charge in [0, 0.05) is 25.0 Å². The van der Waals surface area contributed by atoms with Crippen LogP contribution in [0.4, 0.5) is 0 Å². The van der Waals surface area contributed by atoms with Crippen molar-refractivity contribution in [2.75, 3.05) is 19.6 Å². The number of hydrogen-bond acceptors (Lipinski definition) is 2. The Bertz CT molecular complexity index is 534. The molecule has 5 heteroatoms. The normalized spacial score (nSPS) is 16.8. The van der Waals surface area contributed by atoms with Crippen LogP contribution in [-0.2, 0) is 15.6 Å². The predicted octanol–water partition coefficient (Wildman–Crippen LogP) is 1.42. The van der Waals surface area contributed by atoms with Gasteiger partial charge in [0.2, 0.25) is 0 Å². The Morgan fingerprint density at radius 3 is 2.44 bits per heavy atom. The van der Waals surface area contributed by atoms with E-state index in [1.807, 2.05) is 12.1 Å². The van der Waals surface area contributed by atoms with E-state index in [4.69, 9.17) is 0 Å². The number of benzene rings is 1. The van der Waals surface area contributed by atoms with Crippen LogP contribution in [0.2, 0.25) is 0 Å². The molecule has 0 amide bonds. The highest BCUT2D eigenvalue weighted by Crippen LogP contribution is 2.26. The third-order valence-electron chi connectivity index (χ3n) is 3.32. The average molecular weight is 268 g/mol. The first kappa shape index (κ1) is 13.5. The van der Waals surface area contributed by atoms with Crippen molar-refractivity contribution >= 4 is 10.2 Å². The fourth-order valence-corrected chi connectivity index (χ4v) is 3.36. The van der Waals surface area contributed by atoms with Gasteiger partial charge in [-0.05, 0) is 18.1 Å². The molecule has 1 aromatic rings. The maximum absolute atomic E-state index is 11.8. The van der Waals surface area contributed by atoms with Crippen LogP contribution in [0.3, 0.4) is 0 Å². The summed E-state index contributed by atoms with van der Waals surface area (Å²) in [6, 6.07) is 8.09. The summed E-state index contributed by atoms with van der Waals surface area (Å²) in [6.07, 6.45) is 0. The minimum absolute atomic E-state index is 0.214. The monoisotopic (exact) mass is 268 g/mol. The molecule has 0 aromatic heterocycles. The second-order valence-corrected chi connectivity index (χ2v) is 7.18. The number of rotatable bonds is 5. The van der Waals surface area contributed by atoms with E-state index >= 15 is 0 Å². The molecule has 1 heterocycles. The van der Waals surface area contributed by atoms with E-state index in [9.17, 15) is 8.42 Å². The van der Waals surface area contributed by atoms with Crippen molar-refractivity contribution in [1.82, 2.24) is 9.03 Å². The van der Waals surface area contributed by atoms with Crippen molar-refractivity contribution in [2.24, 2.45) is 0 Å². The van der Waals surface area contributed by atoms with Crippen molar-refractivity contribution in [3.05, 3.63) is 35.4 Å². The lowest BCUT2D eigenvalue weighted by molar-refractivity contribution is 0.487. The predicted molar refractivity (Wildman–Crippen MR) is 72.7 cm³/mol. The minimum atomic E-state index is -3.26. The second-order valence-electron chi connectivity index (χ2n) is 5.42. The lowest BCUT2D eigenvalue weighted by Crippen LogP contribution is -2.39. The van der Waals surface area contributed by atoms with E-state index in [0.29, 0.717) is 19.6 Å². The van der Waals surface area contributed by atoms with E-state index in [-0.39, 0.29) is 5.41 Å². The van der Waals surface area contributed by atoms with Crippen molar-refractivity contribution in [3.63, 3.8) is 0 Å². The molecule has 0 bridgehead atoms. The maximum Gasteiger partial charge on any atom is 0.279 e. The number of nitrogens with zero attached hydrogens (tertiary/aromatic N) is 1. The molecule has 0 atom stereocenters. The van der Waals surface area contributed by atoms with Crippen LogP contribution in [0.15, 0.2) is 24.3 Å². The first-order chi connectivity index (χ1) is 8.33. The van der Waals surface area contributed by atoms with Crippen molar-refractivity contribution in [1.29, 1.82) is 0 Å². The molecule has 1 N–H and O–H groups in total. The minimum Gasteiger partial charge on any atom is -0.201 e. The van der Waals surface area contributed by atoms with E-state index in [2.05, 4.69) is 37.6 Å². The van der Waals surface area contributed by atoms with Crippen molar-refractivity contribution in [2.45, 2.75) is 26.2 Å². The Kier molecular flexibility index (Phi) is 3.49. The largest absolute Gasteiger partial charge is 0.279 e. The number of nitrogens with one attached hydrogen (secondary N) is 1. The van der Waals surface area contributed by atoms with Crippen LogP contribution in [0.1, 0.15) is 25.0 Å². The lowest BCUT2D eigenvalue weighted by Gasteiger charge is -2.27. The molecular weight excluding hydrogens is 248 g/mol. The summed E-state index contributed by atoms with van der Waals surface area (Å²) in [7, 11) is -3.26. The Morgan fingerprint density at radius 1 is 1.28 bits per heavy atom. The molecule has 1 fully saturated rings. The third-order valence-corrected chi connectivity index (χ3v) is 4.87. The smallest absolute Gasteiger partial charge is 0.201 e. The summed E-state index contributed by atoms with van der Waals surface area (Å²) >= 11 is 0. The third kappa shape index (κ3) is 2.91. The molecular formula is C13H20N2O2S. The van der Waals surface area contributed by atoms with Gasteiger partial charge >= 0.3 is 0 Å². The van der Waals surface area contributed by atoms with E-state index in [1.54, 1.807) is 0 Å². The first-order valence-corrected chi connectivity index (χ1v) is 7.58. The highest BCUT2D eigenvalue weighted by atomic mass is 32.2. The van der Waals surface area contributed by atoms with E-state index < -0.39 is 10.2 Å². The van der Waals surface area contributed by atoms with Crippen LogP contribution in [0, 0.1) is 6.92 Å². The highest BCUT2D eigenvalue weighted by molar-refractivity contribution is 7.87. The molecule has 0 saturated carbocycles. The van der Waals surface area contributed by atoms with Gasteiger partial charge in [0.15, 0.2) is 0 Å². The van der Waals surface area contributed by atoms with Gasteiger partial charge in [-0.25, -0.2) is 4.72 Å². The zero-order valence-corrected chi connectivity index (χ0v) is 11.9. The fraction of sp³-hybridized carbons (Fsp3) is 0.538. The number of aryl methyl sites for hydroxylation is 1. The molecule has 4 nitrogen and oxygen atoms in total. The SMILES string of the molecule is Cc1ccccc1C(C)(C)CNS(=O)(=O)N1CC1. The Morgan fingerprint density at radius 2 is 1.89 bits per heavy atom. The van der Waals surface area contributed by atoms with E-state index in [0.717, 1.165) is 0 Å². The van der Waals surface area contributed by atoms with Crippen LogP contribution in [0.25, 0.3) is 0 Å². The van der Waals surface area contributed by atoms with Gasteiger partial charge < -0.3 is 0 Å². The van der Waals surface area contributed by atoms with Crippen LogP contribution in [0.5, 0.6) is 0 Å². The van der Waals surface area contributed by atoms with Crippen LogP contribution >= 0.6 is 0 Å². The van der Waals surface area contributed by atoms with Gasteiger partial charge in [-0.3, -0.25) is 0 Å². The topological polar surface area (TPSA) is 49.2 Å². The molecule has 0 spiro atoms. The Labute approximate surface area is 109 Å². The molecule has 100 valence electrons. The van der Waals surface area contributed by atoms with Crippen LogP contribution < -0.4 is 4.72 Å². The maximum atomic E-state index is 11.8. The van der Waals surface area contributed by atoms with E-state index in [1.165, 1.54) is 15.4 Å². The van der Waals surface area contributed by atoms with Gasteiger partial charge in [0.1, 0.15) is 0 Å². The summed E-state index contributed by atoms with van der Waals surface area (Å²) in [5.74, 6) is 0. The van der Waals surface area contributed by atoms with Gasteiger partial charge in [-0.15, -0.1) is 0 Å². The van der Waals surface area contributed by atoms with Crippen molar-refractivity contribution in [3.8, 4) is 0 Å². The van der Waals surface area contributed by atoms with Gasteiger partial charge in [0.25, 0.3) is 10.2 Å². The Hall–Kier alpha value is -0.910. The molecule has 1 aromatic carbocycles. The zero-order chi connectivity index (χ0) is 13.4. The quantitative estimate of drug-likeness (QED) is 0.821. The number of hydrogen-bond donors (Lipinski definition) is 1. The summed E-state index contributed by atoms with van der Waals surface area (Å²) in [5.41, 5.74) is 2.15. The molecule has 18 heavy (non-hydrogen) atoms. The van der Waals surface area contributed by atoms with Gasteiger partial charge in [-0.2, -0.15) is 12.7 Å². The molecule has 1 saturated heterocycles. The average Bonchev–Trinajstić information content (AvgIpc) is 3.11. The second kappa shape index (κ2) is 4.64. The summed E-state index contributed by atoms with van der Waals surface area (Å²) in [4.78, 5) is 0. The molecule has 2 rings (SSSR count). The zero-order valence-electron chi connectivity index (χ0n) is 11.1. The fourth-order valence-electron chi connectivity index (χ4n) is 2.07. The first-order valence-electron chi connectivity index (χ1n) is 6.14.